The number of hydrogen-bond acceptors (Lipinski definition) is 4. The van der Waals surface area contributed by atoms with E-state index in [1.54, 1.807) is 0 Å². The fourth-order valence-electron chi connectivity index (χ4n) is 2.97. The third kappa shape index (κ3) is 4.54. The van der Waals surface area contributed by atoms with Crippen molar-refractivity contribution in [3.8, 4) is 0 Å². The van der Waals surface area contributed by atoms with Gasteiger partial charge in [-0.05, 0) is 24.8 Å². The van der Waals surface area contributed by atoms with Crippen LogP contribution in [0.25, 0.3) is 0 Å². The maximum Gasteiger partial charge on any atom is 0.310 e. The highest BCUT2D eigenvalue weighted by molar-refractivity contribution is 7.87. The van der Waals surface area contributed by atoms with E-state index < -0.39 is 21.6 Å². The second-order valence-corrected chi connectivity index (χ2v) is 7.79. The first-order valence-electron chi connectivity index (χ1n) is 7.91. The molecule has 0 amide bonds. The molecule has 2 rings (SSSR count). The Hall–Kier alpha value is -1.48. The zero-order valence-corrected chi connectivity index (χ0v) is 14.6. The van der Waals surface area contributed by atoms with Gasteiger partial charge in [-0.2, -0.15) is 17.4 Å². The fraction of sp³-hybridized carbons (Fsp3) is 0.562. The number of ether oxygens (including phenoxy) is 1. The number of nitrogens with one attached hydrogen (secondary N) is 1. The number of carbonyl (C=O) groups is 1. The van der Waals surface area contributed by atoms with Gasteiger partial charge in [0.05, 0.1) is 12.0 Å². The van der Waals surface area contributed by atoms with Crippen LogP contribution < -0.4 is 4.72 Å². The Morgan fingerprint density at radius 2 is 1.92 bits per heavy atom. The number of hydrogen-bond donors (Lipinski definition) is 2. The average molecular weight is 356 g/mol. The van der Waals surface area contributed by atoms with E-state index in [0.717, 1.165) is 5.56 Å². The van der Waals surface area contributed by atoms with E-state index in [0.29, 0.717) is 25.9 Å². The molecule has 8 heteroatoms. The fourth-order valence-corrected chi connectivity index (χ4v) is 4.16. The van der Waals surface area contributed by atoms with Gasteiger partial charge in [0, 0.05) is 26.7 Å². The number of carboxylic acids is 1. The van der Waals surface area contributed by atoms with Gasteiger partial charge in [-0.3, -0.25) is 4.79 Å². The van der Waals surface area contributed by atoms with Crippen LogP contribution in [-0.4, -0.2) is 57.1 Å². The molecule has 0 spiro atoms. The Kier molecular flexibility index (Phi) is 6.34. The van der Waals surface area contributed by atoms with E-state index >= 15 is 0 Å². The minimum absolute atomic E-state index is 0.196. The van der Waals surface area contributed by atoms with Crippen LogP contribution in [0.15, 0.2) is 30.3 Å². The van der Waals surface area contributed by atoms with E-state index in [4.69, 9.17) is 4.74 Å². The van der Waals surface area contributed by atoms with E-state index in [2.05, 4.69) is 4.72 Å². The summed E-state index contributed by atoms with van der Waals surface area (Å²) < 4.78 is 33.0. The molecular formula is C16H24N2O5S. The van der Waals surface area contributed by atoms with E-state index in [1.807, 2.05) is 30.3 Å². The summed E-state index contributed by atoms with van der Waals surface area (Å²) in [4.78, 5) is 11.8. The van der Waals surface area contributed by atoms with Crippen molar-refractivity contribution in [3.05, 3.63) is 35.9 Å². The highest BCUT2D eigenvalue weighted by Crippen LogP contribution is 2.36. The molecule has 0 aromatic heterocycles. The summed E-state index contributed by atoms with van der Waals surface area (Å²) in [7, 11) is -2.09. The van der Waals surface area contributed by atoms with Crippen LogP contribution in [-0.2, 0) is 26.2 Å². The smallest absolute Gasteiger partial charge is 0.310 e. The highest BCUT2D eigenvalue weighted by atomic mass is 32.2. The molecule has 134 valence electrons. The number of methoxy groups -OCH3 is 1. The molecule has 1 heterocycles. The van der Waals surface area contributed by atoms with E-state index in [1.165, 1.54) is 11.4 Å². The standard InChI is InChI=1S/C16H24N2O5S/c1-23-12-9-17-24(21,22)18-10-7-16(8-11-18,15(19)20)13-14-5-3-2-4-6-14/h2-6,17H,7-13H2,1H3,(H,19,20). The maximum absolute atomic E-state index is 12.2. The molecular weight excluding hydrogens is 332 g/mol. The Morgan fingerprint density at radius 1 is 1.29 bits per heavy atom. The van der Waals surface area contributed by atoms with Crippen molar-refractivity contribution in [1.82, 2.24) is 9.03 Å². The van der Waals surface area contributed by atoms with Crippen molar-refractivity contribution >= 4 is 16.2 Å². The first-order chi connectivity index (χ1) is 11.4. The summed E-state index contributed by atoms with van der Waals surface area (Å²) in [6, 6.07) is 9.45. The second kappa shape index (κ2) is 8.06. The van der Waals surface area contributed by atoms with Crippen molar-refractivity contribution < 1.29 is 23.1 Å². The molecule has 1 aromatic carbocycles. The van der Waals surface area contributed by atoms with Gasteiger partial charge in [0.25, 0.3) is 10.2 Å². The van der Waals surface area contributed by atoms with Gasteiger partial charge in [0.2, 0.25) is 0 Å². The number of benzene rings is 1. The summed E-state index contributed by atoms with van der Waals surface area (Å²) in [6.07, 6.45) is 0.999. The first-order valence-corrected chi connectivity index (χ1v) is 9.35. The van der Waals surface area contributed by atoms with Crippen LogP contribution in [0, 0.1) is 5.41 Å². The van der Waals surface area contributed by atoms with Gasteiger partial charge in [-0.25, -0.2) is 0 Å². The van der Waals surface area contributed by atoms with Crippen molar-refractivity contribution in [2.24, 2.45) is 5.41 Å². The molecule has 1 aliphatic heterocycles. The lowest BCUT2D eigenvalue weighted by Gasteiger charge is -2.38. The van der Waals surface area contributed by atoms with Gasteiger partial charge < -0.3 is 9.84 Å². The Bertz CT molecular complexity index is 640. The van der Waals surface area contributed by atoms with E-state index in [9.17, 15) is 18.3 Å². The SMILES string of the molecule is COCCNS(=O)(=O)N1CCC(Cc2ccccc2)(C(=O)O)CC1. The van der Waals surface area contributed by atoms with Crippen molar-refractivity contribution in [3.63, 3.8) is 0 Å². The summed E-state index contributed by atoms with van der Waals surface area (Å²) in [5, 5.41) is 9.71. The summed E-state index contributed by atoms with van der Waals surface area (Å²) in [5.41, 5.74) is 0.0364. The molecule has 0 unspecified atom stereocenters. The third-order valence-corrected chi connectivity index (χ3v) is 6.06. The topological polar surface area (TPSA) is 95.9 Å². The van der Waals surface area contributed by atoms with Crippen molar-refractivity contribution in [2.75, 3.05) is 33.4 Å². The molecule has 24 heavy (non-hydrogen) atoms. The van der Waals surface area contributed by atoms with Crippen LogP contribution >= 0.6 is 0 Å². The predicted octanol–water partition coefficient (Wildman–Crippen LogP) is 0.877. The molecule has 0 atom stereocenters. The molecule has 0 bridgehead atoms. The summed E-state index contributed by atoms with van der Waals surface area (Å²) in [6.45, 7) is 0.881. The van der Waals surface area contributed by atoms with Crippen molar-refractivity contribution in [2.45, 2.75) is 19.3 Å². The lowest BCUT2D eigenvalue weighted by Crippen LogP contribution is -2.51. The average Bonchev–Trinajstić information content (AvgIpc) is 2.56. The summed E-state index contributed by atoms with van der Waals surface area (Å²) >= 11 is 0. The Labute approximate surface area is 142 Å². The monoisotopic (exact) mass is 356 g/mol. The van der Waals surface area contributed by atoms with Crippen LogP contribution in [0.5, 0.6) is 0 Å². The largest absolute Gasteiger partial charge is 0.481 e. The van der Waals surface area contributed by atoms with Gasteiger partial charge >= 0.3 is 5.97 Å². The predicted molar refractivity (Wildman–Crippen MR) is 89.8 cm³/mol. The number of piperidine rings is 1. The van der Waals surface area contributed by atoms with Gasteiger partial charge in [0.15, 0.2) is 0 Å². The Morgan fingerprint density at radius 3 is 2.46 bits per heavy atom. The number of nitrogens with zero attached hydrogens (tertiary/aromatic N) is 1. The lowest BCUT2D eigenvalue weighted by molar-refractivity contribution is -0.151. The van der Waals surface area contributed by atoms with Gasteiger partial charge in [0.1, 0.15) is 0 Å². The van der Waals surface area contributed by atoms with Crippen LogP contribution in [0.2, 0.25) is 0 Å². The minimum Gasteiger partial charge on any atom is -0.481 e. The third-order valence-electron chi connectivity index (χ3n) is 4.45. The first kappa shape index (κ1) is 18.9. The highest BCUT2D eigenvalue weighted by Gasteiger charge is 2.43. The maximum atomic E-state index is 12.2. The lowest BCUT2D eigenvalue weighted by atomic mass is 9.74. The molecule has 1 saturated heterocycles. The molecule has 0 radical (unpaired) electrons. The van der Waals surface area contributed by atoms with Gasteiger partial charge in [-0.15, -0.1) is 0 Å². The van der Waals surface area contributed by atoms with Crippen LogP contribution in [0.4, 0.5) is 0 Å². The van der Waals surface area contributed by atoms with Crippen molar-refractivity contribution in [1.29, 1.82) is 0 Å². The quantitative estimate of drug-likeness (QED) is 0.674. The zero-order valence-electron chi connectivity index (χ0n) is 13.8. The number of carboxylic acid groups (broad SMARTS) is 1. The number of rotatable bonds is 8. The molecule has 7 nitrogen and oxygen atoms in total. The molecule has 1 aromatic rings. The molecule has 0 saturated carbocycles. The summed E-state index contributed by atoms with van der Waals surface area (Å²) in [5.74, 6) is -0.865. The molecule has 2 N–H and O–H groups in total. The normalized spacial score (nSPS) is 18.4. The van der Waals surface area contributed by atoms with Crippen LogP contribution in [0.3, 0.4) is 0 Å². The van der Waals surface area contributed by atoms with Crippen LogP contribution in [0.1, 0.15) is 18.4 Å². The zero-order chi connectivity index (χ0) is 17.6. The van der Waals surface area contributed by atoms with E-state index in [-0.39, 0.29) is 19.6 Å². The second-order valence-electron chi connectivity index (χ2n) is 6.04. The van der Waals surface area contributed by atoms with Gasteiger partial charge in [-0.1, -0.05) is 30.3 Å². The minimum atomic E-state index is -3.59. The molecule has 1 aliphatic rings. The molecule has 1 fully saturated rings. The number of aliphatic carboxylic acids is 1. The Balaban J connectivity index is 2.03. The molecule has 0 aliphatic carbocycles.